The fraction of sp³-hybridized carbons (Fsp3) is 0. The van der Waals surface area contributed by atoms with Gasteiger partial charge in [0.2, 0.25) is 5.89 Å². The van der Waals surface area contributed by atoms with E-state index in [9.17, 15) is 0 Å². The molecule has 0 unspecified atom stereocenters. The van der Waals surface area contributed by atoms with Gasteiger partial charge in [-0.05, 0) is 71.6 Å². The Balaban J connectivity index is 1.25. The van der Waals surface area contributed by atoms with E-state index in [-0.39, 0.29) is 0 Å². The second kappa shape index (κ2) is 10.2. The maximum atomic E-state index is 6.35. The molecule has 45 heavy (non-hydrogen) atoms. The number of nitrogens with zero attached hydrogens (tertiary/aromatic N) is 2. The summed E-state index contributed by atoms with van der Waals surface area (Å²) in [5, 5.41) is 4.32. The minimum Gasteiger partial charge on any atom is -0.456 e. The van der Waals surface area contributed by atoms with Crippen LogP contribution in [0.1, 0.15) is 0 Å². The molecule has 0 bridgehead atoms. The van der Waals surface area contributed by atoms with E-state index in [1.54, 1.807) is 0 Å². The average Bonchev–Trinajstić information content (AvgIpc) is 3.71. The fourth-order valence-corrected chi connectivity index (χ4v) is 6.36. The number of oxazole rings is 1. The van der Waals surface area contributed by atoms with Gasteiger partial charge in [-0.25, -0.2) is 4.98 Å². The van der Waals surface area contributed by atoms with Crippen molar-refractivity contribution in [2.75, 3.05) is 4.90 Å². The molecule has 0 aliphatic carbocycles. The van der Waals surface area contributed by atoms with Gasteiger partial charge in [0.15, 0.2) is 5.58 Å². The van der Waals surface area contributed by atoms with Gasteiger partial charge in [0, 0.05) is 44.7 Å². The molecular weight excluding hydrogens is 552 g/mol. The Morgan fingerprint density at radius 2 is 1.13 bits per heavy atom. The van der Waals surface area contributed by atoms with Crippen molar-refractivity contribution in [3.05, 3.63) is 158 Å². The Morgan fingerprint density at radius 1 is 0.467 bits per heavy atom. The highest BCUT2D eigenvalue weighted by atomic mass is 16.3. The zero-order chi connectivity index (χ0) is 29.7. The summed E-state index contributed by atoms with van der Waals surface area (Å²) >= 11 is 0. The molecule has 4 nitrogen and oxygen atoms in total. The monoisotopic (exact) mass is 578 g/mol. The Kier molecular flexibility index (Phi) is 5.78. The maximum absolute atomic E-state index is 6.35. The number of aromatic nitrogens is 1. The van der Waals surface area contributed by atoms with Gasteiger partial charge in [0.05, 0.1) is 5.69 Å². The lowest BCUT2D eigenvalue weighted by atomic mass is 10.0. The Morgan fingerprint density at radius 3 is 1.98 bits per heavy atom. The third-order valence-electron chi connectivity index (χ3n) is 8.48. The van der Waals surface area contributed by atoms with E-state index < -0.39 is 0 Å². The summed E-state index contributed by atoms with van der Waals surface area (Å²) < 4.78 is 12.7. The topological polar surface area (TPSA) is 42.4 Å². The van der Waals surface area contributed by atoms with Crippen molar-refractivity contribution in [2.45, 2.75) is 0 Å². The van der Waals surface area contributed by atoms with Crippen molar-refractivity contribution in [1.29, 1.82) is 0 Å². The number of benzene rings is 7. The summed E-state index contributed by atoms with van der Waals surface area (Å²) in [7, 11) is 0. The van der Waals surface area contributed by atoms with Gasteiger partial charge in [-0.15, -0.1) is 0 Å². The summed E-state index contributed by atoms with van der Waals surface area (Å²) in [5.74, 6) is 0.625. The number of hydrogen-bond donors (Lipinski definition) is 0. The molecule has 9 aromatic rings. The smallest absolute Gasteiger partial charge is 0.227 e. The van der Waals surface area contributed by atoms with Crippen LogP contribution in [-0.4, -0.2) is 4.98 Å². The highest BCUT2D eigenvalue weighted by Crippen LogP contribution is 2.43. The van der Waals surface area contributed by atoms with Crippen LogP contribution >= 0.6 is 0 Å². The van der Waals surface area contributed by atoms with Crippen molar-refractivity contribution in [3.8, 4) is 22.6 Å². The first-order chi connectivity index (χ1) is 22.3. The summed E-state index contributed by atoms with van der Waals surface area (Å²) in [6, 6.07) is 54.5. The molecule has 0 amide bonds. The number of rotatable bonds is 5. The van der Waals surface area contributed by atoms with Gasteiger partial charge in [-0.2, -0.15) is 0 Å². The Bertz CT molecular complexity index is 2490. The molecule has 0 N–H and O–H groups in total. The number of hydrogen-bond acceptors (Lipinski definition) is 4. The van der Waals surface area contributed by atoms with Gasteiger partial charge in [0.25, 0.3) is 0 Å². The van der Waals surface area contributed by atoms with Crippen LogP contribution in [-0.2, 0) is 0 Å². The van der Waals surface area contributed by atoms with E-state index in [2.05, 4.69) is 114 Å². The van der Waals surface area contributed by atoms with Crippen LogP contribution in [0.3, 0.4) is 0 Å². The molecule has 0 atom stereocenters. The number of furan rings is 1. The highest BCUT2D eigenvalue weighted by Gasteiger charge is 2.20. The molecule has 0 aliphatic rings. The SMILES string of the molecule is c1ccc(-c2nc3ccc4cc(N(c5ccc6c(c5)oc5ccccc56)c5ccccc5-c5ccccc5)ccc4c3o2)cc1. The van der Waals surface area contributed by atoms with Crippen molar-refractivity contribution in [1.82, 2.24) is 4.98 Å². The van der Waals surface area contributed by atoms with Gasteiger partial charge in [0.1, 0.15) is 16.7 Å². The van der Waals surface area contributed by atoms with Crippen LogP contribution < -0.4 is 4.90 Å². The second-order valence-electron chi connectivity index (χ2n) is 11.2. The molecule has 4 heteroatoms. The highest BCUT2D eigenvalue weighted by molar-refractivity contribution is 6.07. The molecule has 0 aliphatic heterocycles. The Labute approximate surface area is 259 Å². The summed E-state index contributed by atoms with van der Waals surface area (Å²) in [6.45, 7) is 0. The number of para-hydroxylation sites is 2. The molecule has 212 valence electrons. The van der Waals surface area contributed by atoms with E-state index in [1.807, 2.05) is 48.5 Å². The zero-order valence-electron chi connectivity index (χ0n) is 24.2. The Hall–Kier alpha value is -6.13. The number of fused-ring (bicyclic) bond motifs is 6. The van der Waals surface area contributed by atoms with Crippen molar-refractivity contribution >= 4 is 60.9 Å². The van der Waals surface area contributed by atoms with E-state index in [4.69, 9.17) is 13.8 Å². The van der Waals surface area contributed by atoms with Gasteiger partial charge in [-0.3, -0.25) is 0 Å². The van der Waals surface area contributed by atoms with E-state index >= 15 is 0 Å². The molecule has 9 rings (SSSR count). The molecule has 0 saturated heterocycles. The molecule has 0 saturated carbocycles. The largest absolute Gasteiger partial charge is 0.456 e. The molecule has 0 fully saturated rings. The lowest BCUT2D eigenvalue weighted by Gasteiger charge is -2.28. The standard InChI is InChI=1S/C41H26N2O2/c1-3-11-27(12-4-1)32-15-7-9-17-37(32)43(31-21-23-35-34-16-8-10-18-38(34)44-39(35)26-31)30-20-22-33-29(25-30)19-24-36-40(33)45-41(42-36)28-13-5-2-6-14-28/h1-26H. The van der Waals surface area contributed by atoms with E-state index in [0.717, 1.165) is 77.6 Å². The first-order valence-electron chi connectivity index (χ1n) is 15.0. The van der Waals surface area contributed by atoms with Crippen LogP contribution in [0.15, 0.2) is 167 Å². The molecule has 7 aromatic carbocycles. The molecule has 0 spiro atoms. The second-order valence-corrected chi connectivity index (χ2v) is 11.2. The molecule has 0 radical (unpaired) electrons. The van der Waals surface area contributed by atoms with E-state index in [1.165, 1.54) is 0 Å². The van der Waals surface area contributed by atoms with Gasteiger partial charge < -0.3 is 13.7 Å². The van der Waals surface area contributed by atoms with Gasteiger partial charge >= 0.3 is 0 Å². The maximum Gasteiger partial charge on any atom is 0.227 e. The lowest BCUT2D eigenvalue weighted by Crippen LogP contribution is -2.11. The lowest BCUT2D eigenvalue weighted by molar-refractivity contribution is 0.623. The van der Waals surface area contributed by atoms with Crippen molar-refractivity contribution in [2.24, 2.45) is 0 Å². The van der Waals surface area contributed by atoms with Crippen molar-refractivity contribution < 1.29 is 8.83 Å². The zero-order valence-corrected chi connectivity index (χ0v) is 24.2. The van der Waals surface area contributed by atoms with Crippen LogP contribution in [0.4, 0.5) is 17.1 Å². The summed E-state index contributed by atoms with van der Waals surface area (Å²) in [6.07, 6.45) is 0. The van der Waals surface area contributed by atoms with Gasteiger partial charge in [-0.1, -0.05) is 91.0 Å². The van der Waals surface area contributed by atoms with Crippen LogP contribution in [0, 0.1) is 0 Å². The predicted octanol–water partition coefficient (Wildman–Crippen LogP) is 11.7. The predicted molar refractivity (Wildman–Crippen MR) is 184 cm³/mol. The molecule has 2 heterocycles. The first kappa shape index (κ1) is 25.4. The summed E-state index contributed by atoms with van der Waals surface area (Å²) in [5.41, 5.74) is 9.75. The first-order valence-corrected chi connectivity index (χ1v) is 15.0. The molecule has 2 aromatic heterocycles. The minimum atomic E-state index is 0.625. The van der Waals surface area contributed by atoms with Crippen LogP contribution in [0.25, 0.3) is 66.4 Å². The van der Waals surface area contributed by atoms with Crippen molar-refractivity contribution in [3.63, 3.8) is 0 Å². The van der Waals surface area contributed by atoms with E-state index in [0.29, 0.717) is 5.89 Å². The summed E-state index contributed by atoms with van der Waals surface area (Å²) in [4.78, 5) is 7.10. The molecular formula is C41H26N2O2. The number of anilines is 3. The fourth-order valence-electron chi connectivity index (χ4n) is 6.36. The normalized spacial score (nSPS) is 11.6. The van der Waals surface area contributed by atoms with Crippen LogP contribution in [0.2, 0.25) is 0 Å². The average molecular weight is 579 g/mol. The third-order valence-corrected chi connectivity index (χ3v) is 8.48. The quantitative estimate of drug-likeness (QED) is 0.204. The van der Waals surface area contributed by atoms with Crippen LogP contribution in [0.5, 0.6) is 0 Å². The minimum absolute atomic E-state index is 0.625. The third kappa shape index (κ3) is 4.27.